The normalized spacial score (nSPS) is 31.9. The summed E-state index contributed by atoms with van der Waals surface area (Å²) >= 11 is 0. The maximum Gasteiger partial charge on any atom is 0.404 e. The average Bonchev–Trinajstić information content (AvgIpc) is 3.00. The number of nitrogens with one attached hydrogen (secondary N) is 1. The standard InChI is InChI=1S/C13H22N2O4/c16-12(17)14-10-3-6-15(9-10)11-1-4-13(5-2-11)18-7-8-19-13/h10-11,14H,1-9H2,(H,16,17). The van der Waals surface area contributed by atoms with Crippen LogP contribution in [0.25, 0.3) is 0 Å². The molecular formula is C13H22N2O4. The summed E-state index contributed by atoms with van der Waals surface area (Å²) in [7, 11) is 0. The van der Waals surface area contributed by atoms with Crippen LogP contribution in [0, 0.1) is 0 Å². The van der Waals surface area contributed by atoms with Crippen LogP contribution in [0.1, 0.15) is 32.1 Å². The SMILES string of the molecule is O=C(O)NC1CCN(C2CCC3(CC2)OCCO3)C1. The van der Waals surface area contributed by atoms with Crippen molar-refractivity contribution in [2.75, 3.05) is 26.3 Å². The van der Waals surface area contributed by atoms with Crippen LogP contribution in [0.3, 0.4) is 0 Å². The van der Waals surface area contributed by atoms with Gasteiger partial charge in [0.1, 0.15) is 0 Å². The number of rotatable bonds is 2. The highest BCUT2D eigenvalue weighted by Crippen LogP contribution is 2.37. The van der Waals surface area contributed by atoms with Gasteiger partial charge in [0.2, 0.25) is 0 Å². The first-order chi connectivity index (χ1) is 9.17. The van der Waals surface area contributed by atoms with Gasteiger partial charge in [-0.25, -0.2) is 4.79 Å². The molecule has 1 spiro atoms. The third-order valence-corrected chi connectivity index (χ3v) is 4.59. The Kier molecular flexibility index (Phi) is 3.64. The first-order valence-corrected chi connectivity index (χ1v) is 7.18. The quantitative estimate of drug-likeness (QED) is 0.783. The van der Waals surface area contributed by atoms with Gasteiger partial charge in [-0.1, -0.05) is 0 Å². The van der Waals surface area contributed by atoms with Crippen LogP contribution in [0.4, 0.5) is 4.79 Å². The number of carboxylic acid groups (broad SMARTS) is 1. The molecule has 1 atom stereocenters. The number of carbonyl (C=O) groups is 1. The van der Waals surface area contributed by atoms with Crippen molar-refractivity contribution in [2.45, 2.75) is 50.0 Å². The zero-order valence-corrected chi connectivity index (χ0v) is 11.1. The van der Waals surface area contributed by atoms with Gasteiger partial charge in [-0.3, -0.25) is 4.90 Å². The zero-order chi connectivity index (χ0) is 13.3. The monoisotopic (exact) mass is 270 g/mol. The van der Waals surface area contributed by atoms with E-state index in [2.05, 4.69) is 10.2 Å². The minimum atomic E-state index is -0.915. The summed E-state index contributed by atoms with van der Waals surface area (Å²) in [5.41, 5.74) is 0. The second-order valence-corrected chi connectivity index (χ2v) is 5.77. The Labute approximate surface area is 113 Å². The third-order valence-electron chi connectivity index (χ3n) is 4.59. The van der Waals surface area contributed by atoms with E-state index < -0.39 is 6.09 Å². The van der Waals surface area contributed by atoms with Crippen LogP contribution in [0.5, 0.6) is 0 Å². The van der Waals surface area contributed by atoms with Crippen molar-refractivity contribution in [3.63, 3.8) is 0 Å². The molecule has 1 aliphatic carbocycles. The van der Waals surface area contributed by atoms with Crippen molar-refractivity contribution in [3.8, 4) is 0 Å². The molecule has 2 heterocycles. The fourth-order valence-electron chi connectivity index (χ4n) is 3.60. The number of amides is 1. The van der Waals surface area contributed by atoms with Gasteiger partial charge in [-0.2, -0.15) is 0 Å². The fourth-order valence-corrected chi connectivity index (χ4v) is 3.60. The Bertz CT molecular complexity index is 334. The Morgan fingerprint density at radius 2 is 1.89 bits per heavy atom. The Morgan fingerprint density at radius 3 is 2.53 bits per heavy atom. The van der Waals surface area contributed by atoms with Crippen LogP contribution >= 0.6 is 0 Å². The Balaban J connectivity index is 1.48. The predicted octanol–water partition coefficient (Wildman–Crippen LogP) is 1.01. The summed E-state index contributed by atoms with van der Waals surface area (Å²) in [5.74, 6) is -0.297. The lowest BCUT2D eigenvalue weighted by Gasteiger charge is -2.39. The lowest BCUT2D eigenvalue weighted by Crippen LogP contribution is -2.44. The molecule has 6 heteroatoms. The van der Waals surface area contributed by atoms with Gasteiger partial charge in [0.25, 0.3) is 0 Å². The molecule has 6 nitrogen and oxygen atoms in total. The van der Waals surface area contributed by atoms with Crippen LogP contribution in [-0.4, -0.2) is 60.3 Å². The molecule has 1 saturated carbocycles. The van der Waals surface area contributed by atoms with E-state index in [1.165, 1.54) is 0 Å². The number of hydrogen-bond donors (Lipinski definition) is 2. The van der Waals surface area contributed by atoms with E-state index in [0.29, 0.717) is 6.04 Å². The first-order valence-electron chi connectivity index (χ1n) is 7.18. The minimum absolute atomic E-state index is 0.0902. The molecule has 0 aromatic carbocycles. The summed E-state index contributed by atoms with van der Waals surface area (Å²) in [5, 5.41) is 11.3. The number of likely N-dealkylation sites (tertiary alicyclic amines) is 1. The van der Waals surface area contributed by atoms with Crippen molar-refractivity contribution in [2.24, 2.45) is 0 Å². The highest BCUT2D eigenvalue weighted by atomic mass is 16.7. The van der Waals surface area contributed by atoms with E-state index >= 15 is 0 Å². The molecule has 1 unspecified atom stereocenters. The smallest absolute Gasteiger partial charge is 0.404 e. The zero-order valence-electron chi connectivity index (χ0n) is 11.1. The van der Waals surface area contributed by atoms with Crippen LogP contribution < -0.4 is 5.32 Å². The molecule has 108 valence electrons. The van der Waals surface area contributed by atoms with E-state index in [0.717, 1.165) is 58.4 Å². The van der Waals surface area contributed by atoms with Gasteiger partial charge in [0.15, 0.2) is 5.79 Å². The molecule has 2 saturated heterocycles. The molecule has 2 N–H and O–H groups in total. The van der Waals surface area contributed by atoms with Gasteiger partial charge in [-0.15, -0.1) is 0 Å². The summed E-state index contributed by atoms with van der Waals surface area (Å²) in [6.07, 6.45) is 4.10. The second-order valence-electron chi connectivity index (χ2n) is 5.77. The molecule has 0 aromatic rings. The third kappa shape index (κ3) is 2.85. The summed E-state index contributed by atoms with van der Waals surface area (Å²) < 4.78 is 11.5. The maximum absolute atomic E-state index is 10.6. The minimum Gasteiger partial charge on any atom is -0.465 e. The lowest BCUT2D eigenvalue weighted by atomic mass is 9.89. The highest BCUT2D eigenvalue weighted by Gasteiger charge is 2.42. The van der Waals surface area contributed by atoms with Crippen molar-refractivity contribution in [1.82, 2.24) is 10.2 Å². The molecule has 0 aromatic heterocycles. The van der Waals surface area contributed by atoms with Gasteiger partial charge >= 0.3 is 6.09 Å². The second kappa shape index (κ2) is 5.26. The molecule has 0 bridgehead atoms. The fraction of sp³-hybridized carbons (Fsp3) is 0.923. The van der Waals surface area contributed by atoms with Gasteiger partial charge < -0.3 is 19.9 Å². The van der Waals surface area contributed by atoms with E-state index in [4.69, 9.17) is 14.6 Å². The molecule has 19 heavy (non-hydrogen) atoms. The van der Waals surface area contributed by atoms with Crippen LogP contribution in [0.15, 0.2) is 0 Å². The average molecular weight is 270 g/mol. The Hall–Kier alpha value is -0.850. The molecule has 2 aliphatic heterocycles. The molecular weight excluding hydrogens is 248 g/mol. The first kappa shape index (κ1) is 13.1. The van der Waals surface area contributed by atoms with Gasteiger partial charge in [0, 0.05) is 38.0 Å². The van der Waals surface area contributed by atoms with Crippen molar-refractivity contribution in [1.29, 1.82) is 0 Å². The van der Waals surface area contributed by atoms with Crippen molar-refractivity contribution in [3.05, 3.63) is 0 Å². The summed E-state index contributed by atoms with van der Waals surface area (Å²) in [4.78, 5) is 13.1. The van der Waals surface area contributed by atoms with Crippen molar-refractivity contribution >= 4 is 6.09 Å². The molecule has 3 fully saturated rings. The highest BCUT2D eigenvalue weighted by molar-refractivity contribution is 5.64. The largest absolute Gasteiger partial charge is 0.465 e. The number of ether oxygens (including phenoxy) is 2. The van der Waals surface area contributed by atoms with Crippen LogP contribution in [0.2, 0.25) is 0 Å². The van der Waals surface area contributed by atoms with E-state index in [1.54, 1.807) is 0 Å². The summed E-state index contributed by atoms with van der Waals surface area (Å²) in [6, 6.07) is 0.645. The predicted molar refractivity (Wildman–Crippen MR) is 68.0 cm³/mol. The maximum atomic E-state index is 10.6. The topological polar surface area (TPSA) is 71.0 Å². The number of hydrogen-bond acceptors (Lipinski definition) is 4. The van der Waals surface area contributed by atoms with E-state index in [9.17, 15) is 4.79 Å². The van der Waals surface area contributed by atoms with Gasteiger partial charge in [-0.05, 0) is 19.3 Å². The Morgan fingerprint density at radius 1 is 1.21 bits per heavy atom. The van der Waals surface area contributed by atoms with Crippen molar-refractivity contribution < 1.29 is 19.4 Å². The molecule has 0 radical (unpaired) electrons. The van der Waals surface area contributed by atoms with Crippen LogP contribution in [-0.2, 0) is 9.47 Å². The lowest BCUT2D eigenvalue weighted by molar-refractivity contribution is -0.183. The summed E-state index contributed by atoms with van der Waals surface area (Å²) in [6.45, 7) is 3.27. The number of nitrogens with zero attached hydrogens (tertiary/aromatic N) is 1. The molecule has 3 aliphatic rings. The van der Waals surface area contributed by atoms with E-state index in [1.807, 2.05) is 0 Å². The molecule has 1 amide bonds. The molecule has 3 rings (SSSR count). The van der Waals surface area contributed by atoms with Gasteiger partial charge in [0.05, 0.1) is 13.2 Å². The van der Waals surface area contributed by atoms with E-state index in [-0.39, 0.29) is 11.8 Å².